The van der Waals surface area contributed by atoms with Crippen LogP contribution in [0.5, 0.6) is 0 Å². The van der Waals surface area contributed by atoms with Crippen molar-refractivity contribution >= 4 is 0 Å². The van der Waals surface area contributed by atoms with Crippen LogP contribution >= 0.6 is 0 Å². The molecule has 1 aliphatic heterocycles. The molecule has 1 heterocycles. The van der Waals surface area contributed by atoms with E-state index in [2.05, 4.69) is 24.3 Å². The first-order chi connectivity index (χ1) is 7.75. The van der Waals surface area contributed by atoms with Crippen LogP contribution in [-0.2, 0) is 11.2 Å². The van der Waals surface area contributed by atoms with Crippen LogP contribution in [0.15, 0.2) is 24.3 Å². The molecular formula is C14H19NO. The molecule has 0 atom stereocenters. The standard InChI is InChI=1S/C14H19NO/c15-14(6-7-14)5-4-11-2-1-3-12(8-11)13-9-16-10-13/h1-3,8,13H,4-7,9-10,15H2. The molecule has 0 radical (unpaired) electrons. The van der Waals surface area contributed by atoms with E-state index in [1.165, 1.54) is 24.0 Å². The Kier molecular flexibility index (Phi) is 2.49. The molecule has 0 bridgehead atoms. The van der Waals surface area contributed by atoms with Crippen LogP contribution in [0.3, 0.4) is 0 Å². The molecule has 0 unspecified atom stereocenters. The number of hydrogen-bond acceptors (Lipinski definition) is 2. The van der Waals surface area contributed by atoms with Gasteiger partial charge in [-0.15, -0.1) is 0 Å². The summed E-state index contributed by atoms with van der Waals surface area (Å²) < 4.78 is 5.23. The first-order valence-corrected chi connectivity index (χ1v) is 6.21. The molecule has 2 N–H and O–H groups in total. The predicted octanol–water partition coefficient (Wildman–Crippen LogP) is 2.22. The first-order valence-electron chi connectivity index (χ1n) is 6.21. The fourth-order valence-electron chi connectivity index (χ4n) is 2.23. The molecule has 1 saturated carbocycles. The minimum absolute atomic E-state index is 0.176. The van der Waals surface area contributed by atoms with Gasteiger partial charge in [0.05, 0.1) is 13.2 Å². The predicted molar refractivity (Wildman–Crippen MR) is 64.5 cm³/mol. The Morgan fingerprint density at radius 2 is 2.12 bits per heavy atom. The SMILES string of the molecule is NC1(CCc2cccc(C3COC3)c2)CC1. The van der Waals surface area contributed by atoms with E-state index in [4.69, 9.17) is 10.5 Å². The van der Waals surface area contributed by atoms with E-state index < -0.39 is 0 Å². The summed E-state index contributed by atoms with van der Waals surface area (Å²) in [5.41, 5.74) is 9.15. The smallest absolute Gasteiger partial charge is 0.0557 e. The van der Waals surface area contributed by atoms with Crippen molar-refractivity contribution < 1.29 is 4.74 Å². The molecule has 1 aromatic rings. The van der Waals surface area contributed by atoms with Crippen LogP contribution in [0.1, 0.15) is 36.3 Å². The highest BCUT2D eigenvalue weighted by Gasteiger charge is 2.37. The molecule has 2 fully saturated rings. The largest absolute Gasteiger partial charge is 0.380 e. The second-order valence-electron chi connectivity index (χ2n) is 5.34. The van der Waals surface area contributed by atoms with Crippen molar-refractivity contribution in [2.24, 2.45) is 5.73 Å². The van der Waals surface area contributed by atoms with Crippen LogP contribution in [-0.4, -0.2) is 18.8 Å². The van der Waals surface area contributed by atoms with E-state index in [-0.39, 0.29) is 5.54 Å². The van der Waals surface area contributed by atoms with Gasteiger partial charge >= 0.3 is 0 Å². The van der Waals surface area contributed by atoms with Crippen LogP contribution in [0.25, 0.3) is 0 Å². The van der Waals surface area contributed by atoms with Crippen molar-refractivity contribution in [3.05, 3.63) is 35.4 Å². The Bertz CT molecular complexity index is 380. The zero-order chi connectivity index (χ0) is 11.0. The summed E-state index contributed by atoms with van der Waals surface area (Å²) in [5.74, 6) is 0.632. The van der Waals surface area contributed by atoms with Gasteiger partial charge in [-0.25, -0.2) is 0 Å². The van der Waals surface area contributed by atoms with Crippen molar-refractivity contribution in [2.45, 2.75) is 37.1 Å². The number of nitrogens with two attached hydrogens (primary N) is 1. The lowest BCUT2D eigenvalue weighted by Crippen LogP contribution is -2.25. The van der Waals surface area contributed by atoms with Crippen LogP contribution in [0, 0.1) is 0 Å². The fraction of sp³-hybridized carbons (Fsp3) is 0.571. The highest BCUT2D eigenvalue weighted by atomic mass is 16.5. The first kappa shape index (κ1) is 10.3. The molecule has 0 spiro atoms. The van der Waals surface area contributed by atoms with Crippen LogP contribution in [0.4, 0.5) is 0 Å². The van der Waals surface area contributed by atoms with Crippen LogP contribution < -0.4 is 5.73 Å². The molecule has 1 aromatic carbocycles. The molecule has 3 rings (SSSR count). The van der Waals surface area contributed by atoms with E-state index in [9.17, 15) is 0 Å². The zero-order valence-electron chi connectivity index (χ0n) is 9.61. The summed E-state index contributed by atoms with van der Waals surface area (Å²) in [6.45, 7) is 1.79. The monoisotopic (exact) mass is 217 g/mol. The molecular weight excluding hydrogens is 198 g/mol. The summed E-state index contributed by atoms with van der Waals surface area (Å²) in [4.78, 5) is 0. The van der Waals surface area contributed by atoms with E-state index in [1.807, 2.05) is 0 Å². The molecule has 86 valence electrons. The third-order valence-corrected chi connectivity index (χ3v) is 3.86. The second kappa shape index (κ2) is 3.86. The van der Waals surface area contributed by atoms with E-state index in [1.54, 1.807) is 0 Å². The molecule has 2 aliphatic rings. The normalized spacial score (nSPS) is 22.8. The molecule has 0 aromatic heterocycles. The molecule has 1 saturated heterocycles. The van der Waals surface area contributed by atoms with E-state index in [0.29, 0.717) is 5.92 Å². The summed E-state index contributed by atoms with van der Waals surface area (Å²) in [7, 11) is 0. The molecule has 2 nitrogen and oxygen atoms in total. The van der Waals surface area contributed by atoms with Gasteiger partial charge in [-0.2, -0.15) is 0 Å². The summed E-state index contributed by atoms with van der Waals surface area (Å²) >= 11 is 0. The van der Waals surface area contributed by atoms with Crippen molar-refractivity contribution in [3.8, 4) is 0 Å². The van der Waals surface area contributed by atoms with Crippen molar-refractivity contribution in [1.82, 2.24) is 0 Å². The lowest BCUT2D eigenvalue weighted by atomic mass is 9.94. The van der Waals surface area contributed by atoms with Gasteiger partial charge in [-0.1, -0.05) is 24.3 Å². The van der Waals surface area contributed by atoms with Gasteiger partial charge in [0.15, 0.2) is 0 Å². The maximum absolute atomic E-state index is 6.11. The van der Waals surface area contributed by atoms with Gasteiger partial charge in [0, 0.05) is 11.5 Å². The van der Waals surface area contributed by atoms with Crippen LogP contribution in [0.2, 0.25) is 0 Å². The highest BCUT2D eigenvalue weighted by Crippen LogP contribution is 2.36. The average molecular weight is 217 g/mol. The van der Waals surface area contributed by atoms with Gasteiger partial charge in [0.2, 0.25) is 0 Å². The Hall–Kier alpha value is -0.860. The topological polar surface area (TPSA) is 35.2 Å². The molecule has 16 heavy (non-hydrogen) atoms. The number of ether oxygens (including phenoxy) is 1. The number of hydrogen-bond donors (Lipinski definition) is 1. The number of aryl methyl sites for hydroxylation is 1. The average Bonchev–Trinajstić information content (AvgIpc) is 2.93. The lowest BCUT2D eigenvalue weighted by molar-refractivity contribution is 0.00840. The Balaban J connectivity index is 1.64. The van der Waals surface area contributed by atoms with Gasteiger partial charge in [0.1, 0.15) is 0 Å². The maximum Gasteiger partial charge on any atom is 0.0557 e. The van der Waals surface area contributed by atoms with Crippen molar-refractivity contribution in [1.29, 1.82) is 0 Å². The third-order valence-electron chi connectivity index (χ3n) is 3.86. The highest BCUT2D eigenvalue weighted by molar-refractivity contribution is 5.28. The van der Waals surface area contributed by atoms with Crippen molar-refractivity contribution in [3.63, 3.8) is 0 Å². The Morgan fingerprint density at radius 3 is 2.75 bits per heavy atom. The molecule has 0 amide bonds. The fourth-order valence-corrected chi connectivity index (χ4v) is 2.23. The van der Waals surface area contributed by atoms with E-state index >= 15 is 0 Å². The lowest BCUT2D eigenvalue weighted by Gasteiger charge is -2.26. The van der Waals surface area contributed by atoms with Gasteiger partial charge in [0.25, 0.3) is 0 Å². The Morgan fingerprint density at radius 1 is 1.31 bits per heavy atom. The second-order valence-corrected chi connectivity index (χ2v) is 5.34. The zero-order valence-corrected chi connectivity index (χ0v) is 9.61. The Labute approximate surface area is 96.8 Å². The quantitative estimate of drug-likeness (QED) is 0.839. The summed E-state index contributed by atoms with van der Waals surface area (Å²) in [6.07, 6.45) is 4.68. The summed E-state index contributed by atoms with van der Waals surface area (Å²) in [6, 6.07) is 8.93. The third kappa shape index (κ3) is 2.13. The molecule has 1 aliphatic carbocycles. The maximum atomic E-state index is 6.11. The van der Waals surface area contributed by atoms with Gasteiger partial charge in [-0.05, 0) is 36.8 Å². The number of rotatable bonds is 4. The minimum Gasteiger partial charge on any atom is -0.380 e. The number of benzene rings is 1. The van der Waals surface area contributed by atoms with E-state index in [0.717, 1.165) is 26.1 Å². The molecule has 2 heteroatoms. The van der Waals surface area contributed by atoms with Crippen molar-refractivity contribution in [2.75, 3.05) is 13.2 Å². The van der Waals surface area contributed by atoms with Gasteiger partial charge < -0.3 is 10.5 Å². The summed E-state index contributed by atoms with van der Waals surface area (Å²) in [5, 5.41) is 0. The minimum atomic E-state index is 0.176. The van der Waals surface area contributed by atoms with Gasteiger partial charge in [-0.3, -0.25) is 0 Å².